The number of anilines is 1. The maximum absolute atomic E-state index is 13.0. The molecule has 1 saturated heterocycles. The number of aromatic nitrogens is 2. The van der Waals surface area contributed by atoms with Crippen LogP contribution in [-0.4, -0.2) is 53.5 Å². The van der Waals surface area contributed by atoms with Gasteiger partial charge < -0.3 is 10.1 Å². The van der Waals surface area contributed by atoms with Gasteiger partial charge >= 0.3 is 0 Å². The predicted octanol–water partition coefficient (Wildman–Crippen LogP) is 2.92. The molecule has 1 aliphatic rings. The minimum atomic E-state index is -3.64. The SMILES string of the molecule is Cc1cccc2c(=O)n(CCCC(=O)Nc3ccc(S(=O)(=O)N4C[C@@H](C)O[C@H](C)C4)cc3)cnc12. The topological polar surface area (TPSA) is 111 Å². The number of benzene rings is 2. The molecule has 0 unspecified atom stereocenters. The molecule has 2 heterocycles. The van der Waals surface area contributed by atoms with E-state index < -0.39 is 10.0 Å². The molecule has 0 saturated carbocycles. The summed E-state index contributed by atoms with van der Waals surface area (Å²) >= 11 is 0. The number of fused-ring (bicyclic) bond motifs is 1. The van der Waals surface area contributed by atoms with Crippen LogP contribution in [0, 0.1) is 6.92 Å². The third-order valence-corrected chi connectivity index (χ3v) is 7.87. The lowest BCUT2D eigenvalue weighted by molar-refractivity contribution is -0.116. The molecule has 2 atom stereocenters. The average Bonchev–Trinajstić information content (AvgIpc) is 2.81. The van der Waals surface area contributed by atoms with Crippen molar-refractivity contribution in [2.45, 2.75) is 57.3 Å². The Morgan fingerprint density at radius 2 is 1.80 bits per heavy atom. The van der Waals surface area contributed by atoms with E-state index in [1.54, 1.807) is 18.2 Å². The van der Waals surface area contributed by atoms with E-state index in [2.05, 4.69) is 10.3 Å². The van der Waals surface area contributed by atoms with E-state index >= 15 is 0 Å². The first-order valence-corrected chi connectivity index (χ1v) is 13.1. The lowest BCUT2D eigenvalue weighted by Gasteiger charge is -2.34. The Balaban J connectivity index is 1.33. The number of para-hydroxylation sites is 1. The molecule has 186 valence electrons. The monoisotopic (exact) mass is 498 g/mol. The molecule has 0 spiro atoms. The standard InChI is InChI=1S/C25H30N4O5S/c1-17-6-4-7-22-24(17)26-16-28(25(22)31)13-5-8-23(30)27-20-9-11-21(12-10-20)35(32,33)29-14-18(2)34-19(3)15-29/h4,6-7,9-12,16,18-19H,5,8,13-15H2,1-3H3,(H,27,30)/t18-,19-/m1/s1. The molecule has 4 rings (SSSR count). The molecule has 3 aromatic rings. The number of sulfonamides is 1. The molecule has 1 aromatic heterocycles. The quantitative estimate of drug-likeness (QED) is 0.536. The van der Waals surface area contributed by atoms with E-state index in [-0.39, 0.29) is 35.0 Å². The fourth-order valence-electron chi connectivity index (χ4n) is 4.32. The number of carbonyl (C=O) groups excluding carboxylic acids is 1. The summed E-state index contributed by atoms with van der Waals surface area (Å²) in [4.78, 5) is 29.6. The van der Waals surface area contributed by atoms with Gasteiger partial charge in [-0.1, -0.05) is 12.1 Å². The second kappa shape index (κ2) is 10.3. The smallest absolute Gasteiger partial charge is 0.261 e. The average molecular weight is 499 g/mol. The summed E-state index contributed by atoms with van der Waals surface area (Å²) in [7, 11) is -3.64. The van der Waals surface area contributed by atoms with Crippen LogP contribution in [0.5, 0.6) is 0 Å². The number of amides is 1. The van der Waals surface area contributed by atoms with E-state index in [1.807, 2.05) is 32.9 Å². The van der Waals surface area contributed by atoms with Crippen molar-refractivity contribution in [3.63, 3.8) is 0 Å². The zero-order valence-electron chi connectivity index (χ0n) is 20.1. The van der Waals surface area contributed by atoms with Crippen molar-refractivity contribution in [2.24, 2.45) is 0 Å². The van der Waals surface area contributed by atoms with Gasteiger partial charge in [0, 0.05) is 31.7 Å². The second-order valence-electron chi connectivity index (χ2n) is 8.97. The number of hydrogen-bond donors (Lipinski definition) is 1. The van der Waals surface area contributed by atoms with Crippen LogP contribution in [0.3, 0.4) is 0 Å². The highest BCUT2D eigenvalue weighted by atomic mass is 32.2. The first-order valence-electron chi connectivity index (χ1n) is 11.7. The van der Waals surface area contributed by atoms with Crippen molar-refractivity contribution < 1.29 is 17.9 Å². The molecule has 0 radical (unpaired) electrons. The van der Waals surface area contributed by atoms with Crippen molar-refractivity contribution in [3.05, 3.63) is 64.7 Å². The Morgan fingerprint density at radius 1 is 1.11 bits per heavy atom. The Kier molecular flexibility index (Phi) is 7.34. The molecule has 0 aliphatic carbocycles. The van der Waals surface area contributed by atoms with Crippen LogP contribution >= 0.6 is 0 Å². The first-order chi connectivity index (χ1) is 16.6. The molecule has 1 fully saturated rings. The van der Waals surface area contributed by atoms with E-state index in [0.29, 0.717) is 42.6 Å². The number of morpholine rings is 1. The minimum absolute atomic E-state index is 0.125. The molecule has 2 aromatic carbocycles. The van der Waals surface area contributed by atoms with E-state index in [4.69, 9.17) is 4.74 Å². The zero-order chi connectivity index (χ0) is 25.2. The van der Waals surface area contributed by atoms with Crippen LogP contribution in [-0.2, 0) is 26.1 Å². The van der Waals surface area contributed by atoms with Crippen molar-refractivity contribution >= 4 is 32.5 Å². The fourth-order valence-corrected chi connectivity index (χ4v) is 5.91. The van der Waals surface area contributed by atoms with Gasteiger partial charge in [-0.2, -0.15) is 4.31 Å². The van der Waals surface area contributed by atoms with Gasteiger partial charge in [-0.3, -0.25) is 14.2 Å². The molecule has 1 aliphatic heterocycles. The van der Waals surface area contributed by atoms with Gasteiger partial charge in [-0.05, 0) is 63.1 Å². The Morgan fingerprint density at radius 3 is 2.49 bits per heavy atom. The van der Waals surface area contributed by atoms with Crippen molar-refractivity contribution in [3.8, 4) is 0 Å². The highest BCUT2D eigenvalue weighted by Crippen LogP contribution is 2.22. The Labute approximate surface area is 204 Å². The third-order valence-electron chi connectivity index (χ3n) is 6.02. The summed E-state index contributed by atoms with van der Waals surface area (Å²) in [5.74, 6) is -0.214. The van der Waals surface area contributed by atoms with Gasteiger partial charge in [-0.25, -0.2) is 13.4 Å². The van der Waals surface area contributed by atoms with Crippen LogP contribution in [0.15, 0.2) is 58.5 Å². The van der Waals surface area contributed by atoms with Gasteiger partial charge in [0.05, 0.1) is 34.3 Å². The largest absolute Gasteiger partial charge is 0.373 e. The van der Waals surface area contributed by atoms with E-state index in [9.17, 15) is 18.0 Å². The summed E-state index contributed by atoms with van der Waals surface area (Å²) in [6, 6.07) is 11.7. The second-order valence-corrected chi connectivity index (χ2v) is 10.9. The van der Waals surface area contributed by atoms with Crippen LogP contribution in [0.25, 0.3) is 10.9 Å². The van der Waals surface area contributed by atoms with Crippen LogP contribution in [0.4, 0.5) is 5.69 Å². The van der Waals surface area contributed by atoms with Crippen molar-refractivity contribution in [2.75, 3.05) is 18.4 Å². The first kappa shape index (κ1) is 25.0. The number of carbonyl (C=O) groups is 1. The van der Waals surface area contributed by atoms with Crippen molar-refractivity contribution in [1.29, 1.82) is 0 Å². The lowest BCUT2D eigenvalue weighted by atomic mass is 10.1. The van der Waals surface area contributed by atoms with E-state index in [1.165, 1.54) is 27.3 Å². The molecule has 10 heteroatoms. The number of nitrogens with one attached hydrogen (secondary N) is 1. The van der Waals surface area contributed by atoms with Crippen LogP contribution in [0.1, 0.15) is 32.3 Å². The lowest BCUT2D eigenvalue weighted by Crippen LogP contribution is -2.48. The van der Waals surface area contributed by atoms with Crippen LogP contribution in [0.2, 0.25) is 0 Å². The molecule has 35 heavy (non-hydrogen) atoms. The number of nitrogens with zero attached hydrogens (tertiary/aromatic N) is 3. The molecule has 0 bridgehead atoms. The van der Waals surface area contributed by atoms with Gasteiger partial charge in [0.2, 0.25) is 15.9 Å². The summed E-state index contributed by atoms with van der Waals surface area (Å²) in [6.07, 6.45) is 1.85. The normalized spacial score (nSPS) is 19.1. The highest BCUT2D eigenvalue weighted by Gasteiger charge is 2.32. The number of ether oxygens (including phenoxy) is 1. The van der Waals surface area contributed by atoms with Gasteiger partial charge in [0.25, 0.3) is 5.56 Å². The molecular formula is C25H30N4O5S. The highest BCUT2D eigenvalue weighted by molar-refractivity contribution is 7.89. The number of hydrogen-bond acceptors (Lipinski definition) is 6. The maximum Gasteiger partial charge on any atom is 0.261 e. The molecular weight excluding hydrogens is 468 g/mol. The summed E-state index contributed by atoms with van der Waals surface area (Å²) in [5, 5.41) is 3.34. The molecule has 1 amide bonds. The van der Waals surface area contributed by atoms with Gasteiger partial charge in [0.15, 0.2) is 0 Å². The zero-order valence-corrected chi connectivity index (χ0v) is 20.9. The van der Waals surface area contributed by atoms with Gasteiger partial charge in [-0.15, -0.1) is 0 Å². The summed E-state index contributed by atoms with van der Waals surface area (Å²) in [6.45, 7) is 6.60. The van der Waals surface area contributed by atoms with Crippen LogP contribution < -0.4 is 10.9 Å². The molecule has 9 nitrogen and oxygen atoms in total. The van der Waals surface area contributed by atoms with Crippen molar-refractivity contribution in [1.82, 2.24) is 13.9 Å². The van der Waals surface area contributed by atoms with E-state index in [0.717, 1.165) is 5.56 Å². The molecule has 1 N–H and O–H groups in total. The maximum atomic E-state index is 13.0. The third kappa shape index (κ3) is 5.61. The number of rotatable bonds is 7. The summed E-state index contributed by atoms with van der Waals surface area (Å²) in [5.41, 5.74) is 2.02. The number of aryl methyl sites for hydroxylation is 2. The van der Waals surface area contributed by atoms with Gasteiger partial charge in [0.1, 0.15) is 0 Å². The summed E-state index contributed by atoms with van der Waals surface area (Å²) < 4.78 is 34.5. The minimum Gasteiger partial charge on any atom is -0.373 e. The Bertz CT molecular complexity index is 1380. The predicted molar refractivity (Wildman–Crippen MR) is 134 cm³/mol. The fraction of sp³-hybridized carbons (Fsp3) is 0.400. The Hall–Kier alpha value is -3.08.